The molecule has 1 aromatic rings. The Labute approximate surface area is 106 Å². The number of hydroxylamine groups is 2. The lowest BCUT2D eigenvalue weighted by atomic mass is 10.1. The van der Waals surface area contributed by atoms with Crippen LogP contribution in [-0.4, -0.2) is 46.9 Å². The topological polar surface area (TPSA) is 53.0 Å². The van der Waals surface area contributed by atoms with E-state index in [4.69, 9.17) is 9.94 Å². The molecule has 2 aliphatic rings. The molecule has 0 spiro atoms. The summed E-state index contributed by atoms with van der Waals surface area (Å²) < 4.78 is 0. The van der Waals surface area contributed by atoms with E-state index in [2.05, 4.69) is 12.1 Å². The number of hydrogen-bond acceptors (Lipinski definition) is 3. The summed E-state index contributed by atoms with van der Waals surface area (Å²) in [6.45, 7) is 2.48. The minimum absolute atomic E-state index is 0.196. The highest BCUT2D eigenvalue weighted by Gasteiger charge is 2.44. The van der Waals surface area contributed by atoms with Crippen molar-refractivity contribution >= 4 is 6.09 Å². The van der Waals surface area contributed by atoms with Gasteiger partial charge in [-0.3, -0.25) is 4.84 Å². The van der Waals surface area contributed by atoms with Gasteiger partial charge in [0, 0.05) is 25.6 Å². The molecule has 0 aliphatic carbocycles. The normalized spacial score (nSPS) is 27.4. The molecule has 2 saturated heterocycles. The van der Waals surface area contributed by atoms with E-state index in [1.54, 1.807) is 0 Å². The minimum Gasteiger partial charge on any atom is -0.465 e. The second-order valence-electron chi connectivity index (χ2n) is 4.87. The van der Waals surface area contributed by atoms with Crippen LogP contribution in [0.3, 0.4) is 0 Å². The number of likely N-dealkylation sites (tertiary alicyclic amines) is 1. The molecule has 1 aromatic carbocycles. The quantitative estimate of drug-likeness (QED) is 0.859. The van der Waals surface area contributed by atoms with Crippen molar-refractivity contribution in [3.05, 3.63) is 35.9 Å². The number of nitrogens with zero attached hydrogens (tertiary/aromatic N) is 2. The first-order valence-corrected chi connectivity index (χ1v) is 6.15. The number of hydrogen-bond donors (Lipinski definition) is 1. The van der Waals surface area contributed by atoms with Gasteiger partial charge >= 0.3 is 6.09 Å². The van der Waals surface area contributed by atoms with Crippen LogP contribution in [0.5, 0.6) is 0 Å². The second kappa shape index (κ2) is 4.59. The van der Waals surface area contributed by atoms with Crippen LogP contribution in [0.2, 0.25) is 0 Å². The zero-order valence-corrected chi connectivity index (χ0v) is 10.0. The maximum absolute atomic E-state index is 11.0. The molecule has 3 rings (SSSR count). The van der Waals surface area contributed by atoms with Gasteiger partial charge in [0.15, 0.2) is 0 Å². The summed E-state index contributed by atoms with van der Waals surface area (Å²) in [5.74, 6) is 0.310. The fraction of sp³-hybridized carbons (Fsp3) is 0.462. The van der Waals surface area contributed by atoms with Gasteiger partial charge in [0.2, 0.25) is 0 Å². The van der Waals surface area contributed by atoms with Crippen LogP contribution in [0.4, 0.5) is 4.79 Å². The first-order chi connectivity index (χ1) is 8.74. The molecule has 0 saturated carbocycles. The summed E-state index contributed by atoms with van der Waals surface area (Å²) in [5, 5.41) is 10.9. The summed E-state index contributed by atoms with van der Waals surface area (Å²) in [4.78, 5) is 18.1. The number of carboxylic acid groups (broad SMARTS) is 1. The molecule has 0 bridgehead atoms. The molecular weight excluding hydrogens is 232 g/mol. The van der Waals surface area contributed by atoms with E-state index >= 15 is 0 Å². The van der Waals surface area contributed by atoms with Crippen LogP contribution < -0.4 is 0 Å². The monoisotopic (exact) mass is 248 g/mol. The van der Waals surface area contributed by atoms with Crippen LogP contribution in [-0.2, 0) is 11.4 Å². The lowest BCUT2D eigenvalue weighted by molar-refractivity contribution is -0.141. The first kappa shape index (κ1) is 11.5. The van der Waals surface area contributed by atoms with Crippen molar-refractivity contribution in [2.45, 2.75) is 12.6 Å². The van der Waals surface area contributed by atoms with E-state index < -0.39 is 6.09 Å². The Bertz CT molecular complexity index is 437. The average molecular weight is 248 g/mol. The third-order valence-electron chi connectivity index (χ3n) is 3.68. The van der Waals surface area contributed by atoms with Gasteiger partial charge in [-0.2, -0.15) is 5.06 Å². The predicted molar refractivity (Wildman–Crippen MR) is 64.8 cm³/mol. The van der Waals surface area contributed by atoms with E-state index in [9.17, 15) is 4.79 Å². The van der Waals surface area contributed by atoms with Crippen LogP contribution in [0.15, 0.2) is 30.3 Å². The van der Waals surface area contributed by atoms with Crippen LogP contribution in [0, 0.1) is 5.92 Å². The fourth-order valence-corrected chi connectivity index (χ4v) is 2.71. The van der Waals surface area contributed by atoms with Gasteiger partial charge in [0.05, 0.1) is 12.6 Å². The maximum atomic E-state index is 11.0. The lowest BCUT2D eigenvalue weighted by Crippen LogP contribution is -2.35. The molecule has 2 atom stereocenters. The standard InChI is InChI=1S/C13H16N2O3/c16-13(17)14-7-11-9-18-15(12(11)8-14)6-10-4-2-1-3-5-10/h1-5,11-12H,6-9H2,(H,16,17)/t11-,12-/m0/s1. The predicted octanol–water partition coefficient (Wildman–Crippen LogP) is 1.41. The highest BCUT2D eigenvalue weighted by Crippen LogP contribution is 2.30. The van der Waals surface area contributed by atoms with Crippen molar-refractivity contribution in [2.24, 2.45) is 5.92 Å². The van der Waals surface area contributed by atoms with Crippen LogP contribution in [0.25, 0.3) is 0 Å². The molecule has 1 N–H and O–H groups in total. The van der Waals surface area contributed by atoms with Crippen molar-refractivity contribution in [2.75, 3.05) is 19.7 Å². The fourth-order valence-electron chi connectivity index (χ4n) is 2.71. The largest absolute Gasteiger partial charge is 0.465 e. The summed E-state index contributed by atoms with van der Waals surface area (Å²) in [7, 11) is 0. The van der Waals surface area contributed by atoms with Gasteiger partial charge in [0.1, 0.15) is 0 Å². The van der Waals surface area contributed by atoms with E-state index in [1.165, 1.54) is 10.5 Å². The van der Waals surface area contributed by atoms with Crippen molar-refractivity contribution in [3.63, 3.8) is 0 Å². The summed E-state index contributed by atoms with van der Waals surface area (Å²) in [5.41, 5.74) is 1.19. The maximum Gasteiger partial charge on any atom is 0.407 e. The van der Waals surface area contributed by atoms with E-state index in [0.717, 1.165) is 6.54 Å². The second-order valence-corrected chi connectivity index (χ2v) is 4.87. The third-order valence-corrected chi connectivity index (χ3v) is 3.68. The molecule has 18 heavy (non-hydrogen) atoms. The molecule has 5 heteroatoms. The molecular formula is C13H16N2O3. The minimum atomic E-state index is -0.830. The highest BCUT2D eigenvalue weighted by molar-refractivity contribution is 5.65. The SMILES string of the molecule is O=C(O)N1C[C@H]2CON(Cc3ccccc3)[C@H]2C1. The number of fused-ring (bicyclic) bond motifs is 1. The van der Waals surface area contributed by atoms with Gasteiger partial charge in [-0.05, 0) is 5.56 Å². The average Bonchev–Trinajstić information content (AvgIpc) is 2.93. The Kier molecular flexibility index (Phi) is 2.93. The molecule has 2 aliphatic heterocycles. The molecule has 0 aromatic heterocycles. The van der Waals surface area contributed by atoms with Gasteiger partial charge in [-0.1, -0.05) is 30.3 Å². The Morgan fingerprint density at radius 2 is 2.11 bits per heavy atom. The lowest BCUT2D eigenvalue weighted by Gasteiger charge is -2.22. The zero-order valence-electron chi connectivity index (χ0n) is 10.0. The highest BCUT2D eigenvalue weighted by atomic mass is 16.7. The van der Waals surface area contributed by atoms with E-state index in [1.807, 2.05) is 23.3 Å². The van der Waals surface area contributed by atoms with Crippen LogP contribution >= 0.6 is 0 Å². The van der Waals surface area contributed by atoms with Gasteiger partial charge < -0.3 is 10.0 Å². The van der Waals surface area contributed by atoms with E-state index in [-0.39, 0.29) is 6.04 Å². The van der Waals surface area contributed by atoms with Gasteiger partial charge in [-0.15, -0.1) is 0 Å². The molecule has 0 radical (unpaired) electrons. The number of amides is 1. The Balaban J connectivity index is 1.67. The summed E-state index contributed by atoms with van der Waals surface area (Å²) >= 11 is 0. The van der Waals surface area contributed by atoms with Crippen molar-refractivity contribution in [1.82, 2.24) is 9.96 Å². The molecule has 2 heterocycles. The van der Waals surface area contributed by atoms with Crippen molar-refractivity contribution < 1.29 is 14.7 Å². The number of rotatable bonds is 2. The van der Waals surface area contributed by atoms with Crippen molar-refractivity contribution in [1.29, 1.82) is 0 Å². The molecule has 2 fully saturated rings. The van der Waals surface area contributed by atoms with Crippen molar-refractivity contribution in [3.8, 4) is 0 Å². The summed E-state index contributed by atoms with van der Waals surface area (Å²) in [6.07, 6.45) is -0.830. The third kappa shape index (κ3) is 2.07. The Morgan fingerprint density at radius 1 is 1.33 bits per heavy atom. The Hall–Kier alpha value is -1.59. The smallest absolute Gasteiger partial charge is 0.407 e. The number of benzene rings is 1. The molecule has 5 nitrogen and oxygen atoms in total. The zero-order chi connectivity index (χ0) is 12.5. The molecule has 0 unspecified atom stereocenters. The van der Waals surface area contributed by atoms with Gasteiger partial charge in [-0.25, -0.2) is 4.79 Å². The van der Waals surface area contributed by atoms with Crippen LogP contribution in [0.1, 0.15) is 5.56 Å². The first-order valence-electron chi connectivity index (χ1n) is 6.15. The number of carbonyl (C=O) groups is 1. The van der Waals surface area contributed by atoms with E-state index in [0.29, 0.717) is 25.6 Å². The summed E-state index contributed by atoms with van der Waals surface area (Å²) in [6, 6.07) is 10.3. The van der Waals surface area contributed by atoms with Gasteiger partial charge in [0.25, 0.3) is 0 Å². The Morgan fingerprint density at radius 3 is 2.83 bits per heavy atom. The molecule has 96 valence electrons. The molecule has 1 amide bonds.